The molecule has 1 aromatic heterocycles. The molecule has 0 amide bonds. The SMILES string of the molecule is Cn1nnnc1-c1cccc(S(=O)(=O)N2CCC[C@@H]2C(=O)O)c1. The largest absolute Gasteiger partial charge is 0.480 e. The van der Waals surface area contributed by atoms with Crippen molar-refractivity contribution in [1.29, 1.82) is 0 Å². The van der Waals surface area contributed by atoms with Gasteiger partial charge in [0.1, 0.15) is 6.04 Å². The number of aliphatic carboxylic acids is 1. The predicted octanol–water partition coefficient (Wildman–Crippen LogP) is 0.115. The Morgan fingerprint density at radius 2 is 2.17 bits per heavy atom. The molecule has 1 atom stereocenters. The van der Waals surface area contributed by atoms with Crippen LogP contribution in [0.2, 0.25) is 0 Å². The minimum atomic E-state index is -3.88. The highest BCUT2D eigenvalue weighted by Gasteiger charge is 2.39. The van der Waals surface area contributed by atoms with Gasteiger partial charge in [-0.3, -0.25) is 4.79 Å². The molecule has 9 nitrogen and oxygen atoms in total. The molecule has 0 aliphatic carbocycles. The zero-order valence-corrected chi connectivity index (χ0v) is 13.1. The van der Waals surface area contributed by atoms with Crippen molar-refractivity contribution < 1.29 is 18.3 Å². The maximum absolute atomic E-state index is 12.8. The highest BCUT2D eigenvalue weighted by Crippen LogP contribution is 2.28. The summed E-state index contributed by atoms with van der Waals surface area (Å²) in [6, 6.07) is 5.17. The number of carbonyl (C=O) groups is 1. The third-order valence-corrected chi connectivity index (χ3v) is 5.71. The van der Waals surface area contributed by atoms with E-state index in [1.165, 1.54) is 16.8 Å². The first-order chi connectivity index (χ1) is 10.9. The number of carboxylic acid groups (broad SMARTS) is 1. The second-order valence-electron chi connectivity index (χ2n) is 5.27. The van der Waals surface area contributed by atoms with Gasteiger partial charge in [0.15, 0.2) is 5.82 Å². The molecule has 1 saturated heterocycles. The first-order valence-corrected chi connectivity index (χ1v) is 8.42. The van der Waals surface area contributed by atoms with E-state index in [-0.39, 0.29) is 11.4 Å². The lowest BCUT2D eigenvalue weighted by atomic mass is 10.2. The van der Waals surface area contributed by atoms with E-state index in [0.29, 0.717) is 24.2 Å². The molecule has 0 spiro atoms. The molecule has 0 unspecified atom stereocenters. The second-order valence-corrected chi connectivity index (χ2v) is 7.16. The summed E-state index contributed by atoms with van der Waals surface area (Å²) in [6.07, 6.45) is 0.852. The van der Waals surface area contributed by atoms with Crippen LogP contribution in [0.1, 0.15) is 12.8 Å². The summed E-state index contributed by atoms with van der Waals surface area (Å²) in [5.41, 5.74) is 0.546. The van der Waals surface area contributed by atoms with Gasteiger partial charge in [0.05, 0.1) is 4.90 Å². The molecule has 1 fully saturated rings. The quantitative estimate of drug-likeness (QED) is 0.841. The van der Waals surface area contributed by atoms with Crippen molar-refractivity contribution in [3.05, 3.63) is 24.3 Å². The van der Waals surface area contributed by atoms with Gasteiger partial charge in [-0.2, -0.15) is 4.31 Å². The summed E-state index contributed by atoms with van der Waals surface area (Å²) in [5.74, 6) is -0.696. The Morgan fingerprint density at radius 3 is 2.83 bits per heavy atom. The van der Waals surface area contributed by atoms with Crippen molar-refractivity contribution in [2.75, 3.05) is 6.54 Å². The summed E-state index contributed by atoms with van der Waals surface area (Å²) in [4.78, 5) is 11.3. The molecule has 3 rings (SSSR count). The van der Waals surface area contributed by atoms with E-state index in [0.717, 1.165) is 4.31 Å². The molecular formula is C13H15N5O4S. The highest BCUT2D eigenvalue weighted by atomic mass is 32.2. The fraction of sp³-hybridized carbons (Fsp3) is 0.385. The van der Waals surface area contributed by atoms with Gasteiger partial charge in [-0.15, -0.1) is 5.10 Å². The normalized spacial score (nSPS) is 19.1. The van der Waals surface area contributed by atoms with E-state index < -0.39 is 22.0 Å². The van der Waals surface area contributed by atoms with Crippen LogP contribution in [0, 0.1) is 0 Å². The topological polar surface area (TPSA) is 118 Å². The Balaban J connectivity index is 2.01. The maximum Gasteiger partial charge on any atom is 0.322 e. The Bertz CT molecular complexity index is 848. The molecule has 2 aromatic rings. The van der Waals surface area contributed by atoms with Crippen LogP contribution in [0.3, 0.4) is 0 Å². The maximum atomic E-state index is 12.8. The molecule has 10 heteroatoms. The highest BCUT2D eigenvalue weighted by molar-refractivity contribution is 7.89. The number of rotatable bonds is 4. The summed E-state index contributed by atoms with van der Waals surface area (Å²) in [5, 5.41) is 20.3. The van der Waals surface area contributed by atoms with Crippen molar-refractivity contribution in [3.8, 4) is 11.4 Å². The average Bonchev–Trinajstić information content (AvgIpc) is 3.16. The van der Waals surface area contributed by atoms with Crippen LogP contribution in [0.15, 0.2) is 29.2 Å². The molecule has 1 aliphatic heterocycles. The molecular weight excluding hydrogens is 322 g/mol. The van der Waals surface area contributed by atoms with Crippen molar-refractivity contribution in [1.82, 2.24) is 24.5 Å². The van der Waals surface area contributed by atoms with Gasteiger partial charge in [-0.1, -0.05) is 12.1 Å². The summed E-state index contributed by atoms with van der Waals surface area (Å²) in [6.45, 7) is 0.203. The fourth-order valence-corrected chi connectivity index (χ4v) is 4.38. The van der Waals surface area contributed by atoms with Crippen LogP contribution < -0.4 is 0 Å². The lowest BCUT2D eigenvalue weighted by molar-refractivity contribution is -0.140. The van der Waals surface area contributed by atoms with Crippen LogP contribution in [0.4, 0.5) is 0 Å². The third kappa shape index (κ3) is 2.70. The molecule has 23 heavy (non-hydrogen) atoms. The standard InChI is InChI=1S/C13H15N5O4S/c1-17-12(14-15-16-17)9-4-2-5-10(8-9)23(21,22)18-7-3-6-11(18)13(19)20/h2,4-5,8,11H,3,6-7H2,1H3,(H,19,20)/t11-/m1/s1. The minimum absolute atomic E-state index is 0.0335. The van der Waals surface area contributed by atoms with E-state index in [4.69, 9.17) is 0 Å². The summed E-state index contributed by atoms with van der Waals surface area (Å²) >= 11 is 0. The Hall–Kier alpha value is -2.33. The lowest BCUT2D eigenvalue weighted by Gasteiger charge is -2.21. The third-order valence-electron chi connectivity index (χ3n) is 3.81. The summed E-state index contributed by atoms with van der Waals surface area (Å²) in [7, 11) is -2.23. The Labute approximate surface area is 132 Å². The van der Waals surface area contributed by atoms with Gasteiger partial charge in [-0.05, 0) is 35.4 Å². The van der Waals surface area contributed by atoms with E-state index in [2.05, 4.69) is 15.5 Å². The second kappa shape index (κ2) is 5.70. The first-order valence-electron chi connectivity index (χ1n) is 6.98. The zero-order valence-electron chi connectivity index (χ0n) is 12.3. The number of aromatic nitrogens is 4. The number of carboxylic acids is 1. The number of tetrazole rings is 1. The average molecular weight is 337 g/mol. The van der Waals surface area contributed by atoms with Crippen LogP contribution in [0.25, 0.3) is 11.4 Å². The first kappa shape index (κ1) is 15.6. The minimum Gasteiger partial charge on any atom is -0.480 e. The number of nitrogens with zero attached hydrogens (tertiary/aromatic N) is 5. The number of sulfonamides is 1. The number of benzene rings is 1. The van der Waals surface area contributed by atoms with Crippen molar-refractivity contribution >= 4 is 16.0 Å². The Kier molecular flexibility index (Phi) is 3.86. The fourth-order valence-electron chi connectivity index (χ4n) is 2.68. The molecule has 1 aliphatic rings. The van der Waals surface area contributed by atoms with Crippen molar-refractivity contribution in [3.63, 3.8) is 0 Å². The van der Waals surface area contributed by atoms with Gasteiger partial charge in [-0.25, -0.2) is 13.1 Å². The number of hydrogen-bond donors (Lipinski definition) is 1. The monoisotopic (exact) mass is 337 g/mol. The van der Waals surface area contributed by atoms with Gasteiger partial charge < -0.3 is 5.11 Å². The van der Waals surface area contributed by atoms with E-state index >= 15 is 0 Å². The predicted molar refractivity (Wildman–Crippen MR) is 78.8 cm³/mol. The number of hydrogen-bond acceptors (Lipinski definition) is 6. The molecule has 0 radical (unpaired) electrons. The molecule has 0 bridgehead atoms. The van der Waals surface area contributed by atoms with Crippen LogP contribution in [-0.2, 0) is 21.9 Å². The van der Waals surface area contributed by atoms with E-state index in [9.17, 15) is 18.3 Å². The summed E-state index contributed by atoms with van der Waals surface area (Å²) < 4.78 is 28.0. The molecule has 1 N–H and O–H groups in total. The van der Waals surface area contributed by atoms with Gasteiger partial charge >= 0.3 is 5.97 Å². The van der Waals surface area contributed by atoms with Crippen LogP contribution >= 0.6 is 0 Å². The Morgan fingerprint density at radius 1 is 1.39 bits per heavy atom. The van der Waals surface area contributed by atoms with E-state index in [1.54, 1.807) is 19.2 Å². The van der Waals surface area contributed by atoms with Crippen LogP contribution in [-0.4, -0.2) is 56.6 Å². The van der Waals surface area contributed by atoms with Crippen molar-refractivity contribution in [2.24, 2.45) is 7.05 Å². The van der Waals surface area contributed by atoms with Gasteiger partial charge in [0.25, 0.3) is 0 Å². The molecule has 2 heterocycles. The molecule has 122 valence electrons. The van der Waals surface area contributed by atoms with Crippen LogP contribution in [0.5, 0.6) is 0 Å². The number of aryl methyl sites for hydroxylation is 1. The van der Waals surface area contributed by atoms with Gasteiger partial charge in [0, 0.05) is 19.2 Å². The lowest BCUT2D eigenvalue weighted by Crippen LogP contribution is -2.40. The molecule has 0 saturated carbocycles. The van der Waals surface area contributed by atoms with E-state index in [1.807, 2.05) is 0 Å². The smallest absolute Gasteiger partial charge is 0.322 e. The zero-order chi connectivity index (χ0) is 16.6. The van der Waals surface area contributed by atoms with Crippen molar-refractivity contribution in [2.45, 2.75) is 23.8 Å². The van der Waals surface area contributed by atoms with Gasteiger partial charge in [0.2, 0.25) is 10.0 Å². The molecule has 1 aromatic carbocycles.